The third-order valence-corrected chi connectivity index (χ3v) is 4.84. The molecule has 0 bridgehead atoms. The highest BCUT2D eigenvalue weighted by Gasteiger charge is 2.14. The maximum atomic E-state index is 13.2. The van der Waals surface area contributed by atoms with Crippen LogP contribution in [0.5, 0.6) is 0 Å². The van der Waals surface area contributed by atoms with E-state index in [0.29, 0.717) is 9.50 Å². The molecule has 2 rings (SSSR count). The van der Waals surface area contributed by atoms with Crippen LogP contribution in [0.15, 0.2) is 28.7 Å². The first-order valence-corrected chi connectivity index (χ1v) is 7.52. The molecule has 1 heterocycles. The first-order chi connectivity index (χ1) is 8.52. The number of nitrogens with two attached hydrogens (primary N) is 1. The minimum atomic E-state index is -0.349. The average Bonchev–Trinajstić information content (AvgIpc) is 2.76. The standard InChI is InChI=1S/C13H12BrClFNS/c1-2-10(17)11-3-4-12(18-11)13-8(14)5-7(16)6-9(13)15/h3-6,10H,2,17H2,1H3. The highest BCUT2D eigenvalue weighted by molar-refractivity contribution is 9.10. The molecule has 1 aromatic carbocycles. The van der Waals surface area contributed by atoms with Crippen LogP contribution in [0.4, 0.5) is 4.39 Å². The van der Waals surface area contributed by atoms with Crippen LogP contribution < -0.4 is 5.73 Å². The lowest BCUT2D eigenvalue weighted by Gasteiger charge is -2.06. The summed E-state index contributed by atoms with van der Waals surface area (Å²) in [7, 11) is 0. The Labute approximate surface area is 123 Å². The van der Waals surface area contributed by atoms with Crippen molar-refractivity contribution in [3.05, 3.63) is 44.5 Å². The molecule has 1 atom stereocenters. The van der Waals surface area contributed by atoms with Gasteiger partial charge in [-0.3, -0.25) is 0 Å². The number of benzene rings is 1. The van der Waals surface area contributed by atoms with E-state index in [2.05, 4.69) is 15.9 Å². The smallest absolute Gasteiger partial charge is 0.125 e. The molecule has 2 aromatic rings. The third kappa shape index (κ3) is 2.77. The predicted octanol–water partition coefficient (Wildman–Crippen LogP) is 5.38. The summed E-state index contributed by atoms with van der Waals surface area (Å²) in [5.41, 5.74) is 6.81. The van der Waals surface area contributed by atoms with E-state index in [-0.39, 0.29) is 11.9 Å². The van der Waals surface area contributed by atoms with Gasteiger partial charge in [-0.1, -0.05) is 18.5 Å². The van der Waals surface area contributed by atoms with E-state index in [1.54, 1.807) is 11.3 Å². The van der Waals surface area contributed by atoms with Gasteiger partial charge in [0, 0.05) is 25.8 Å². The van der Waals surface area contributed by atoms with E-state index in [9.17, 15) is 4.39 Å². The largest absolute Gasteiger partial charge is 0.323 e. The normalized spacial score (nSPS) is 12.7. The summed E-state index contributed by atoms with van der Waals surface area (Å²) >= 11 is 11.0. The summed E-state index contributed by atoms with van der Waals surface area (Å²) in [4.78, 5) is 2.10. The zero-order valence-corrected chi connectivity index (χ0v) is 12.9. The Kier molecular flexibility index (Phi) is 4.43. The topological polar surface area (TPSA) is 26.0 Å². The summed E-state index contributed by atoms with van der Waals surface area (Å²) in [6, 6.07) is 6.75. The lowest BCUT2D eigenvalue weighted by molar-refractivity contribution is 0.627. The summed E-state index contributed by atoms with van der Waals surface area (Å²) in [5, 5.41) is 0.403. The fourth-order valence-electron chi connectivity index (χ4n) is 1.67. The van der Waals surface area contributed by atoms with Gasteiger partial charge in [0.15, 0.2) is 0 Å². The molecule has 1 unspecified atom stereocenters. The Hall–Kier alpha value is -0.420. The average molecular weight is 349 g/mol. The number of rotatable bonds is 3. The monoisotopic (exact) mass is 347 g/mol. The second kappa shape index (κ2) is 5.70. The fourth-order valence-corrected chi connectivity index (χ4v) is 4.09. The van der Waals surface area contributed by atoms with Gasteiger partial charge in [0.25, 0.3) is 0 Å². The maximum Gasteiger partial charge on any atom is 0.125 e. The number of hydrogen-bond acceptors (Lipinski definition) is 2. The van der Waals surface area contributed by atoms with Crippen molar-refractivity contribution in [3.63, 3.8) is 0 Å². The predicted molar refractivity (Wildman–Crippen MR) is 79.6 cm³/mol. The number of thiophene rings is 1. The van der Waals surface area contributed by atoms with Gasteiger partial charge >= 0.3 is 0 Å². The molecule has 18 heavy (non-hydrogen) atoms. The molecular formula is C13H12BrClFNS. The number of halogens is 3. The summed E-state index contributed by atoms with van der Waals surface area (Å²) < 4.78 is 13.8. The zero-order valence-electron chi connectivity index (χ0n) is 9.71. The zero-order chi connectivity index (χ0) is 13.3. The molecule has 1 aromatic heterocycles. The molecule has 0 spiro atoms. The van der Waals surface area contributed by atoms with Crippen LogP contribution in [0.25, 0.3) is 10.4 Å². The second-order valence-electron chi connectivity index (χ2n) is 3.96. The van der Waals surface area contributed by atoms with E-state index in [4.69, 9.17) is 17.3 Å². The van der Waals surface area contributed by atoms with Crippen molar-refractivity contribution in [2.24, 2.45) is 5.73 Å². The van der Waals surface area contributed by atoms with Crippen molar-refractivity contribution >= 4 is 38.9 Å². The van der Waals surface area contributed by atoms with Crippen LogP contribution in [0.2, 0.25) is 5.02 Å². The van der Waals surface area contributed by atoms with E-state index < -0.39 is 0 Å². The minimum absolute atomic E-state index is 0.0433. The second-order valence-corrected chi connectivity index (χ2v) is 6.34. The fraction of sp³-hybridized carbons (Fsp3) is 0.231. The van der Waals surface area contributed by atoms with Gasteiger partial charge in [-0.25, -0.2) is 4.39 Å². The van der Waals surface area contributed by atoms with Crippen LogP contribution in [-0.4, -0.2) is 0 Å². The molecule has 2 N–H and O–H groups in total. The SMILES string of the molecule is CCC(N)c1ccc(-c2c(Cl)cc(F)cc2Br)s1. The molecule has 0 saturated heterocycles. The lowest BCUT2D eigenvalue weighted by atomic mass is 10.1. The van der Waals surface area contributed by atoms with Gasteiger partial charge in [0.05, 0.1) is 5.02 Å². The quantitative estimate of drug-likeness (QED) is 0.791. The summed E-state index contributed by atoms with van der Waals surface area (Å²) in [6.07, 6.45) is 0.887. The van der Waals surface area contributed by atoms with Crippen molar-refractivity contribution in [3.8, 4) is 10.4 Å². The Bertz CT molecular complexity index is 547. The van der Waals surface area contributed by atoms with Crippen molar-refractivity contribution in [1.82, 2.24) is 0 Å². The van der Waals surface area contributed by atoms with Gasteiger partial charge < -0.3 is 5.73 Å². The van der Waals surface area contributed by atoms with Gasteiger partial charge in [-0.2, -0.15) is 0 Å². The lowest BCUT2D eigenvalue weighted by Crippen LogP contribution is -2.05. The molecule has 96 valence electrons. The first kappa shape index (κ1) is 14.0. The molecule has 0 fully saturated rings. The van der Waals surface area contributed by atoms with E-state index in [1.807, 2.05) is 19.1 Å². The number of hydrogen-bond donors (Lipinski definition) is 1. The highest BCUT2D eigenvalue weighted by Crippen LogP contribution is 2.40. The molecule has 0 saturated carbocycles. The van der Waals surface area contributed by atoms with Crippen molar-refractivity contribution in [1.29, 1.82) is 0 Å². The molecule has 0 aliphatic heterocycles. The van der Waals surface area contributed by atoms with Gasteiger partial charge in [-0.15, -0.1) is 11.3 Å². The molecule has 0 radical (unpaired) electrons. The van der Waals surface area contributed by atoms with Gasteiger partial charge in [-0.05, 0) is 46.6 Å². The summed E-state index contributed by atoms with van der Waals surface area (Å²) in [6.45, 7) is 2.05. The minimum Gasteiger partial charge on any atom is -0.323 e. The van der Waals surface area contributed by atoms with Crippen molar-refractivity contribution in [2.75, 3.05) is 0 Å². The van der Waals surface area contributed by atoms with Gasteiger partial charge in [0.1, 0.15) is 5.82 Å². The van der Waals surface area contributed by atoms with E-state index in [1.165, 1.54) is 12.1 Å². The third-order valence-electron chi connectivity index (χ3n) is 2.69. The Balaban J connectivity index is 2.46. The molecule has 0 aliphatic rings. The van der Waals surface area contributed by atoms with Crippen LogP contribution in [0, 0.1) is 5.82 Å². The molecule has 0 aliphatic carbocycles. The van der Waals surface area contributed by atoms with E-state index in [0.717, 1.165) is 21.7 Å². The van der Waals surface area contributed by atoms with Crippen LogP contribution >= 0.6 is 38.9 Å². The van der Waals surface area contributed by atoms with Crippen LogP contribution in [0.1, 0.15) is 24.3 Å². The Morgan fingerprint density at radius 1 is 1.44 bits per heavy atom. The van der Waals surface area contributed by atoms with Crippen molar-refractivity contribution in [2.45, 2.75) is 19.4 Å². The van der Waals surface area contributed by atoms with Crippen LogP contribution in [0.3, 0.4) is 0 Å². The molecular weight excluding hydrogens is 337 g/mol. The molecule has 1 nitrogen and oxygen atoms in total. The maximum absolute atomic E-state index is 13.2. The van der Waals surface area contributed by atoms with Crippen molar-refractivity contribution < 1.29 is 4.39 Å². The Morgan fingerprint density at radius 2 is 2.17 bits per heavy atom. The summed E-state index contributed by atoms with van der Waals surface area (Å²) in [5.74, 6) is -0.349. The molecule has 5 heteroatoms. The Morgan fingerprint density at radius 3 is 2.78 bits per heavy atom. The molecule has 0 amide bonds. The van der Waals surface area contributed by atoms with E-state index >= 15 is 0 Å². The first-order valence-electron chi connectivity index (χ1n) is 5.53. The van der Waals surface area contributed by atoms with Gasteiger partial charge in [0.2, 0.25) is 0 Å². The highest BCUT2D eigenvalue weighted by atomic mass is 79.9. The van der Waals surface area contributed by atoms with Crippen LogP contribution in [-0.2, 0) is 0 Å².